The summed E-state index contributed by atoms with van der Waals surface area (Å²) >= 11 is 0. The Bertz CT molecular complexity index is 349. The zero-order chi connectivity index (χ0) is 13.5. The number of rotatable bonds is 7. The lowest BCUT2D eigenvalue weighted by atomic mass is 10.0. The SMILES string of the molecule is CCNC(CC)C(C)Oc1cccc(C(C)C)c1. The fourth-order valence-corrected chi connectivity index (χ4v) is 2.15. The van der Waals surface area contributed by atoms with Crippen molar-refractivity contribution in [2.45, 2.75) is 59.1 Å². The molecule has 2 unspecified atom stereocenters. The van der Waals surface area contributed by atoms with E-state index < -0.39 is 0 Å². The van der Waals surface area contributed by atoms with Crippen LogP contribution in [0.4, 0.5) is 0 Å². The van der Waals surface area contributed by atoms with Crippen molar-refractivity contribution in [1.82, 2.24) is 5.32 Å². The smallest absolute Gasteiger partial charge is 0.120 e. The zero-order valence-corrected chi connectivity index (χ0v) is 12.4. The van der Waals surface area contributed by atoms with Gasteiger partial charge in [-0.3, -0.25) is 0 Å². The van der Waals surface area contributed by atoms with Crippen LogP contribution in [0.3, 0.4) is 0 Å². The molecule has 1 aromatic carbocycles. The number of ether oxygens (including phenoxy) is 1. The Morgan fingerprint density at radius 1 is 1.17 bits per heavy atom. The molecule has 0 heterocycles. The van der Waals surface area contributed by atoms with Gasteiger partial charge in [0, 0.05) is 6.04 Å². The van der Waals surface area contributed by atoms with Gasteiger partial charge in [0.05, 0.1) is 0 Å². The average molecular weight is 249 g/mol. The van der Waals surface area contributed by atoms with E-state index in [2.05, 4.69) is 58.1 Å². The molecule has 0 spiro atoms. The molecule has 1 N–H and O–H groups in total. The van der Waals surface area contributed by atoms with Gasteiger partial charge in [-0.1, -0.05) is 39.8 Å². The molecule has 0 aliphatic heterocycles. The molecule has 0 saturated heterocycles. The van der Waals surface area contributed by atoms with Crippen molar-refractivity contribution < 1.29 is 4.74 Å². The summed E-state index contributed by atoms with van der Waals surface area (Å²) < 4.78 is 6.05. The Hall–Kier alpha value is -1.02. The van der Waals surface area contributed by atoms with Crippen molar-refractivity contribution in [3.8, 4) is 5.75 Å². The molecule has 0 aliphatic rings. The van der Waals surface area contributed by atoms with E-state index in [4.69, 9.17) is 4.74 Å². The zero-order valence-electron chi connectivity index (χ0n) is 12.4. The van der Waals surface area contributed by atoms with Crippen molar-refractivity contribution in [3.63, 3.8) is 0 Å². The van der Waals surface area contributed by atoms with Crippen LogP contribution in [0.2, 0.25) is 0 Å². The predicted octanol–water partition coefficient (Wildman–Crippen LogP) is 3.97. The monoisotopic (exact) mass is 249 g/mol. The summed E-state index contributed by atoms with van der Waals surface area (Å²) in [4.78, 5) is 0. The molecule has 0 saturated carbocycles. The molecular formula is C16H27NO. The summed E-state index contributed by atoms with van der Waals surface area (Å²) in [5.74, 6) is 1.52. The van der Waals surface area contributed by atoms with E-state index in [-0.39, 0.29) is 6.10 Å². The van der Waals surface area contributed by atoms with Crippen molar-refractivity contribution in [2.75, 3.05) is 6.54 Å². The predicted molar refractivity (Wildman–Crippen MR) is 78.4 cm³/mol. The molecule has 102 valence electrons. The van der Waals surface area contributed by atoms with E-state index in [9.17, 15) is 0 Å². The summed E-state index contributed by atoms with van der Waals surface area (Å²) in [7, 11) is 0. The van der Waals surface area contributed by atoms with E-state index in [1.54, 1.807) is 0 Å². The largest absolute Gasteiger partial charge is 0.489 e. The Balaban J connectivity index is 2.68. The lowest BCUT2D eigenvalue weighted by Crippen LogP contribution is -2.40. The molecule has 2 heteroatoms. The normalized spacial score (nSPS) is 14.6. The fourth-order valence-electron chi connectivity index (χ4n) is 2.15. The summed E-state index contributed by atoms with van der Waals surface area (Å²) in [5.41, 5.74) is 1.33. The molecule has 2 atom stereocenters. The van der Waals surface area contributed by atoms with Crippen LogP contribution in [0.1, 0.15) is 52.5 Å². The number of benzene rings is 1. The van der Waals surface area contributed by atoms with Crippen molar-refractivity contribution in [2.24, 2.45) is 0 Å². The number of hydrogen-bond donors (Lipinski definition) is 1. The molecule has 0 bridgehead atoms. The van der Waals surface area contributed by atoms with Crippen LogP contribution >= 0.6 is 0 Å². The third-order valence-corrected chi connectivity index (χ3v) is 3.32. The Morgan fingerprint density at radius 2 is 1.89 bits per heavy atom. The maximum Gasteiger partial charge on any atom is 0.120 e. The second-order valence-electron chi connectivity index (χ2n) is 5.12. The van der Waals surface area contributed by atoms with Crippen LogP contribution in [-0.4, -0.2) is 18.7 Å². The van der Waals surface area contributed by atoms with Gasteiger partial charge >= 0.3 is 0 Å². The molecule has 1 rings (SSSR count). The van der Waals surface area contributed by atoms with Crippen LogP contribution in [0.5, 0.6) is 5.75 Å². The van der Waals surface area contributed by atoms with E-state index >= 15 is 0 Å². The average Bonchev–Trinajstić information content (AvgIpc) is 2.36. The Labute approximate surface area is 112 Å². The van der Waals surface area contributed by atoms with E-state index in [1.165, 1.54) is 5.56 Å². The van der Waals surface area contributed by atoms with Crippen molar-refractivity contribution in [3.05, 3.63) is 29.8 Å². The molecule has 2 nitrogen and oxygen atoms in total. The van der Waals surface area contributed by atoms with Crippen LogP contribution in [0.25, 0.3) is 0 Å². The molecule has 0 radical (unpaired) electrons. The molecule has 0 amide bonds. The van der Waals surface area contributed by atoms with E-state index in [0.29, 0.717) is 12.0 Å². The van der Waals surface area contributed by atoms with Gasteiger partial charge in [0.1, 0.15) is 11.9 Å². The standard InChI is InChI=1S/C16H27NO/c1-6-16(17-7-2)13(5)18-15-10-8-9-14(11-15)12(3)4/h8-13,16-17H,6-7H2,1-5H3. The van der Waals surface area contributed by atoms with Gasteiger partial charge in [0.2, 0.25) is 0 Å². The molecular weight excluding hydrogens is 222 g/mol. The molecule has 0 aliphatic carbocycles. The molecule has 0 aromatic heterocycles. The topological polar surface area (TPSA) is 21.3 Å². The van der Waals surface area contributed by atoms with E-state index in [0.717, 1.165) is 18.7 Å². The first-order chi connectivity index (χ1) is 8.58. The maximum atomic E-state index is 6.05. The summed E-state index contributed by atoms with van der Waals surface area (Å²) in [6.45, 7) is 11.9. The highest BCUT2D eigenvalue weighted by molar-refractivity contribution is 5.30. The number of nitrogens with one attached hydrogen (secondary N) is 1. The van der Waals surface area contributed by atoms with Gasteiger partial charge in [0.15, 0.2) is 0 Å². The molecule has 0 fully saturated rings. The second kappa shape index (κ2) is 7.42. The Kier molecular flexibility index (Phi) is 6.20. The van der Waals surface area contributed by atoms with Gasteiger partial charge in [-0.05, 0) is 43.5 Å². The van der Waals surface area contributed by atoms with Crippen LogP contribution in [0, 0.1) is 0 Å². The highest BCUT2D eigenvalue weighted by Gasteiger charge is 2.15. The van der Waals surface area contributed by atoms with Crippen LogP contribution < -0.4 is 10.1 Å². The highest BCUT2D eigenvalue weighted by atomic mass is 16.5. The first-order valence-corrected chi connectivity index (χ1v) is 7.08. The minimum atomic E-state index is 0.192. The lowest BCUT2D eigenvalue weighted by Gasteiger charge is -2.25. The number of hydrogen-bond acceptors (Lipinski definition) is 2. The maximum absolute atomic E-state index is 6.05. The molecule has 18 heavy (non-hydrogen) atoms. The summed E-state index contributed by atoms with van der Waals surface area (Å²) in [6.07, 6.45) is 1.27. The lowest BCUT2D eigenvalue weighted by molar-refractivity contribution is 0.168. The van der Waals surface area contributed by atoms with Gasteiger partial charge in [-0.15, -0.1) is 0 Å². The second-order valence-corrected chi connectivity index (χ2v) is 5.12. The van der Waals surface area contributed by atoms with Crippen molar-refractivity contribution >= 4 is 0 Å². The Morgan fingerprint density at radius 3 is 2.44 bits per heavy atom. The number of likely N-dealkylation sites (N-methyl/N-ethyl adjacent to an activating group) is 1. The quantitative estimate of drug-likeness (QED) is 0.789. The minimum absolute atomic E-state index is 0.192. The van der Waals surface area contributed by atoms with Gasteiger partial charge in [-0.2, -0.15) is 0 Å². The van der Waals surface area contributed by atoms with Gasteiger partial charge in [0.25, 0.3) is 0 Å². The fraction of sp³-hybridized carbons (Fsp3) is 0.625. The molecule has 1 aromatic rings. The van der Waals surface area contributed by atoms with Gasteiger partial charge < -0.3 is 10.1 Å². The van der Waals surface area contributed by atoms with Crippen LogP contribution in [0.15, 0.2) is 24.3 Å². The van der Waals surface area contributed by atoms with Crippen LogP contribution in [-0.2, 0) is 0 Å². The summed E-state index contributed by atoms with van der Waals surface area (Å²) in [5, 5.41) is 3.46. The summed E-state index contributed by atoms with van der Waals surface area (Å²) in [6, 6.07) is 8.84. The minimum Gasteiger partial charge on any atom is -0.489 e. The highest BCUT2D eigenvalue weighted by Crippen LogP contribution is 2.21. The van der Waals surface area contributed by atoms with E-state index in [1.807, 2.05) is 6.07 Å². The first-order valence-electron chi connectivity index (χ1n) is 7.08. The third-order valence-electron chi connectivity index (χ3n) is 3.32. The first kappa shape index (κ1) is 15.0. The third kappa shape index (κ3) is 4.34. The van der Waals surface area contributed by atoms with Gasteiger partial charge in [-0.25, -0.2) is 0 Å². The van der Waals surface area contributed by atoms with Crippen molar-refractivity contribution in [1.29, 1.82) is 0 Å².